The number of rotatable bonds is 2. The number of pyridine rings is 1. The van der Waals surface area contributed by atoms with Crippen LogP contribution in [0.3, 0.4) is 0 Å². The summed E-state index contributed by atoms with van der Waals surface area (Å²) in [6.45, 7) is 8.09. The number of likely N-dealkylation sites (tertiary alicyclic amines) is 1. The number of nitrogen functional groups attached to an aromatic ring is 1. The van der Waals surface area contributed by atoms with Crippen molar-refractivity contribution in [1.29, 1.82) is 0 Å². The summed E-state index contributed by atoms with van der Waals surface area (Å²) in [7, 11) is 0. The molecule has 0 aromatic carbocycles. The van der Waals surface area contributed by atoms with Crippen molar-refractivity contribution in [3.63, 3.8) is 0 Å². The van der Waals surface area contributed by atoms with Crippen LogP contribution in [0.15, 0.2) is 18.3 Å². The zero-order valence-corrected chi connectivity index (χ0v) is 10.2. The average Bonchev–Trinajstić information content (AvgIpc) is 2.21. The Morgan fingerprint density at radius 1 is 1.38 bits per heavy atom. The van der Waals surface area contributed by atoms with E-state index in [1.165, 1.54) is 31.5 Å². The van der Waals surface area contributed by atoms with Crippen LogP contribution in [-0.2, 0) is 6.54 Å². The van der Waals surface area contributed by atoms with Crippen LogP contribution in [0.1, 0.15) is 32.3 Å². The molecule has 2 rings (SSSR count). The van der Waals surface area contributed by atoms with Crippen molar-refractivity contribution in [1.82, 2.24) is 9.88 Å². The predicted octanol–water partition coefficient (Wildman–Crippen LogP) is 2.29. The fourth-order valence-corrected chi connectivity index (χ4v) is 2.17. The molecule has 1 aromatic heterocycles. The fraction of sp³-hybridized carbons (Fsp3) is 0.615. The minimum Gasteiger partial charge on any atom is -0.384 e. The molecule has 0 bridgehead atoms. The lowest BCUT2D eigenvalue weighted by Gasteiger charge is -2.36. The van der Waals surface area contributed by atoms with E-state index < -0.39 is 0 Å². The third kappa shape index (κ3) is 2.95. The molecule has 3 nitrogen and oxygen atoms in total. The SMILES string of the molecule is CC1(C)CCN(Cc2ccnc(N)c2)CC1. The Hall–Kier alpha value is -1.09. The van der Waals surface area contributed by atoms with Gasteiger partial charge in [0.2, 0.25) is 0 Å². The van der Waals surface area contributed by atoms with Crippen LogP contribution >= 0.6 is 0 Å². The van der Waals surface area contributed by atoms with E-state index in [-0.39, 0.29) is 0 Å². The van der Waals surface area contributed by atoms with Gasteiger partial charge in [0.1, 0.15) is 5.82 Å². The van der Waals surface area contributed by atoms with Crippen LogP contribution in [0.4, 0.5) is 5.82 Å². The maximum atomic E-state index is 5.68. The highest BCUT2D eigenvalue weighted by Crippen LogP contribution is 2.30. The molecule has 2 heterocycles. The van der Waals surface area contributed by atoms with Gasteiger partial charge in [-0.1, -0.05) is 13.8 Å². The molecule has 0 saturated carbocycles. The summed E-state index contributed by atoms with van der Waals surface area (Å²) in [5, 5.41) is 0. The highest BCUT2D eigenvalue weighted by molar-refractivity contribution is 5.31. The maximum absolute atomic E-state index is 5.68. The maximum Gasteiger partial charge on any atom is 0.123 e. The molecule has 0 atom stereocenters. The van der Waals surface area contributed by atoms with Gasteiger partial charge in [-0.15, -0.1) is 0 Å². The van der Waals surface area contributed by atoms with Gasteiger partial charge < -0.3 is 5.73 Å². The molecule has 16 heavy (non-hydrogen) atoms. The number of hydrogen-bond acceptors (Lipinski definition) is 3. The second-order valence-corrected chi connectivity index (χ2v) is 5.53. The molecule has 1 aliphatic heterocycles. The molecule has 0 spiro atoms. The highest BCUT2D eigenvalue weighted by atomic mass is 15.1. The van der Waals surface area contributed by atoms with Gasteiger partial charge >= 0.3 is 0 Å². The lowest BCUT2D eigenvalue weighted by molar-refractivity contribution is 0.127. The molecule has 88 valence electrons. The number of nitrogens with two attached hydrogens (primary N) is 1. The van der Waals surface area contributed by atoms with Crippen LogP contribution in [0.5, 0.6) is 0 Å². The van der Waals surface area contributed by atoms with Crippen LogP contribution in [0, 0.1) is 5.41 Å². The van der Waals surface area contributed by atoms with Crippen molar-refractivity contribution < 1.29 is 0 Å². The van der Waals surface area contributed by atoms with E-state index >= 15 is 0 Å². The predicted molar refractivity (Wildman–Crippen MR) is 66.9 cm³/mol. The smallest absolute Gasteiger partial charge is 0.123 e. The summed E-state index contributed by atoms with van der Waals surface area (Å²) in [5.74, 6) is 0.620. The minimum absolute atomic E-state index is 0.522. The number of anilines is 1. The normalized spacial score (nSPS) is 20.9. The minimum atomic E-state index is 0.522. The highest BCUT2D eigenvalue weighted by Gasteiger charge is 2.25. The lowest BCUT2D eigenvalue weighted by atomic mass is 9.82. The number of piperidine rings is 1. The van der Waals surface area contributed by atoms with E-state index in [2.05, 4.69) is 29.8 Å². The van der Waals surface area contributed by atoms with E-state index in [1.807, 2.05) is 6.07 Å². The summed E-state index contributed by atoms with van der Waals surface area (Å²) in [5.41, 5.74) is 7.47. The first-order valence-corrected chi connectivity index (χ1v) is 5.98. The Bertz CT molecular complexity index is 350. The monoisotopic (exact) mass is 219 g/mol. The zero-order valence-electron chi connectivity index (χ0n) is 10.2. The molecule has 0 unspecified atom stereocenters. The fourth-order valence-electron chi connectivity index (χ4n) is 2.17. The molecule has 3 heteroatoms. The molecule has 1 saturated heterocycles. The quantitative estimate of drug-likeness (QED) is 0.829. The second kappa shape index (κ2) is 4.42. The standard InChI is InChI=1S/C13H21N3/c1-13(2)4-7-16(8-5-13)10-11-3-6-15-12(14)9-11/h3,6,9H,4-5,7-8,10H2,1-2H3,(H2,14,15). The van der Waals surface area contributed by atoms with Crippen LogP contribution in [-0.4, -0.2) is 23.0 Å². The lowest BCUT2D eigenvalue weighted by Crippen LogP contribution is -2.36. The van der Waals surface area contributed by atoms with E-state index in [4.69, 9.17) is 5.73 Å². The van der Waals surface area contributed by atoms with Crippen molar-refractivity contribution >= 4 is 5.82 Å². The molecule has 1 aliphatic rings. The third-order valence-corrected chi connectivity index (χ3v) is 3.46. The first kappa shape index (κ1) is 11.4. The molecule has 0 aliphatic carbocycles. The van der Waals surface area contributed by atoms with Crippen molar-refractivity contribution in [2.45, 2.75) is 33.2 Å². The zero-order chi connectivity index (χ0) is 11.6. The van der Waals surface area contributed by atoms with Crippen molar-refractivity contribution in [3.05, 3.63) is 23.9 Å². The third-order valence-electron chi connectivity index (χ3n) is 3.46. The Balaban J connectivity index is 1.92. The average molecular weight is 219 g/mol. The Labute approximate surface area is 97.7 Å². The van der Waals surface area contributed by atoms with E-state index in [0.29, 0.717) is 11.2 Å². The Kier molecular flexibility index (Phi) is 3.15. The topological polar surface area (TPSA) is 42.2 Å². The van der Waals surface area contributed by atoms with Gasteiger partial charge in [-0.2, -0.15) is 0 Å². The van der Waals surface area contributed by atoms with Crippen molar-refractivity contribution in [2.75, 3.05) is 18.8 Å². The van der Waals surface area contributed by atoms with Gasteiger partial charge in [-0.3, -0.25) is 4.90 Å². The Morgan fingerprint density at radius 3 is 2.69 bits per heavy atom. The first-order valence-electron chi connectivity index (χ1n) is 5.98. The van der Waals surface area contributed by atoms with Gasteiger partial charge in [0.15, 0.2) is 0 Å². The molecule has 1 aromatic rings. The summed E-state index contributed by atoms with van der Waals surface area (Å²) in [4.78, 5) is 6.52. The summed E-state index contributed by atoms with van der Waals surface area (Å²) >= 11 is 0. The first-order chi connectivity index (χ1) is 7.55. The molecule has 1 fully saturated rings. The second-order valence-electron chi connectivity index (χ2n) is 5.53. The van der Waals surface area contributed by atoms with Gasteiger partial charge in [0.25, 0.3) is 0 Å². The van der Waals surface area contributed by atoms with Gasteiger partial charge in [0, 0.05) is 12.7 Å². The van der Waals surface area contributed by atoms with E-state index in [0.717, 1.165) is 6.54 Å². The molecule has 0 amide bonds. The van der Waals surface area contributed by atoms with E-state index in [9.17, 15) is 0 Å². The van der Waals surface area contributed by atoms with Gasteiger partial charge in [-0.05, 0) is 49.0 Å². The number of nitrogens with zero attached hydrogens (tertiary/aromatic N) is 2. The number of aromatic nitrogens is 1. The molecule has 2 N–H and O–H groups in total. The Morgan fingerprint density at radius 2 is 2.06 bits per heavy atom. The van der Waals surface area contributed by atoms with Gasteiger partial charge in [-0.25, -0.2) is 4.98 Å². The molecular formula is C13H21N3. The largest absolute Gasteiger partial charge is 0.384 e. The number of hydrogen-bond donors (Lipinski definition) is 1. The van der Waals surface area contributed by atoms with E-state index in [1.54, 1.807) is 6.20 Å². The van der Waals surface area contributed by atoms with Gasteiger partial charge in [0.05, 0.1) is 0 Å². The molecular weight excluding hydrogens is 198 g/mol. The van der Waals surface area contributed by atoms with Crippen molar-refractivity contribution in [3.8, 4) is 0 Å². The summed E-state index contributed by atoms with van der Waals surface area (Å²) in [6.07, 6.45) is 4.36. The van der Waals surface area contributed by atoms with Crippen LogP contribution in [0.25, 0.3) is 0 Å². The van der Waals surface area contributed by atoms with Crippen molar-refractivity contribution in [2.24, 2.45) is 5.41 Å². The summed E-state index contributed by atoms with van der Waals surface area (Å²) < 4.78 is 0. The van der Waals surface area contributed by atoms with Crippen LogP contribution < -0.4 is 5.73 Å². The summed E-state index contributed by atoms with van der Waals surface area (Å²) in [6, 6.07) is 4.02. The molecule has 0 radical (unpaired) electrons. The van der Waals surface area contributed by atoms with Crippen LogP contribution in [0.2, 0.25) is 0 Å².